The molecule has 0 aliphatic heterocycles. The van der Waals surface area contributed by atoms with Crippen molar-refractivity contribution < 1.29 is 19.1 Å². The summed E-state index contributed by atoms with van der Waals surface area (Å²) in [7, 11) is 0. The van der Waals surface area contributed by atoms with Crippen LogP contribution in [0.3, 0.4) is 0 Å². The minimum atomic E-state index is -0.914. The summed E-state index contributed by atoms with van der Waals surface area (Å²) in [4.78, 5) is 40.6. The van der Waals surface area contributed by atoms with Crippen molar-refractivity contribution in [3.8, 4) is 39.6 Å². The number of ether oxygens (including phenoxy) is 2. The summed E-state index contributed by atoms with van der Waals surface area (Å²) in [6.45, 7) is 1.47. The molecule has 0 saturated heterocycles. The van der Waals surface area contributed by atoms with Crippen LogP contribution in [-0.4, -0.2) is 57.1 Å². The number of nitrogens with zero attached hydrogens (tertiary/aromatic N) is 5. The summed E-state index contributed by atoms with van der Waals surface area (Å²) in [5.74, 6) is -0.233. The molecule has 0 unspecified atom stereocenters. The number of nitrogen functional groups attached to an aromatic ring is 1. The number of aromatic nitrogens is 4. The first-order chi connectivity index (χ1) is 24.2. The van der Waals surface area contributed by atoms with Crippen LogP contribution in [0.5, 0.6) is 5.75 Å². The maximum absolute atomic E-state index is 12.4. The predicted molar refractivity (Wildman–Crippen MR) is 204 cm³/mol. The first kappa shape index (κ1) is 41.5. The van der Waals surface area contributed by atoms with Crippen molar-refractivity contribution in [1.82, 2.24) is 25.3 Å². The number of carbonyl (C=O) groups excluding carboxylic acids is 2. The van der Waals surface area contributed by atoms with E-state index < -0.39 is 24.0 Å². The molecular weight excluding hydrogens is 769 g/mol. The Bertz CT molecular complexity index is 2050. The molecule has 0 spiro atoms. The predicted octanol–water partition coefficient (Wildman–Crippen LogP) is 5.71. The Morgan fingerprint density at radius 2 is 1.73 bits per heavy atom. The molecule has 6 N–H and O–H groups in total. The smallest absolute Gasteiger partial charge is 0.328 e. The standard InChI is InChI=1S/C34H30ClN9O4S2.2ClH/c1-19(42-31(45)28(38)12-23-15-40-18-41-23)34(46)48-11-10-47-25-8-4-20(5-9-25)29-26(13-36)30(39)44-33(27(29)14-37)50-17-24-16-49-32(43-24)21-2-6-22(35)7-3-21;;/h2-9,15-16,18-19,28H,10-12,17,38H2,1H3,(H2,39,44)(H,40,41)(H,42,45);2*1H/t19-,28-;;/m0../s1. The van der Waals surface area contributed by atoms with Gasteiger partial charge in [-0.25, -0.2) is 19.7 Å². The highest BCUT2D eigenvalue weighted by Gasteiger charge is 2.23. The third-order valence-corrected chi connectivity index (χ3v) is 9.40. The van der Waals surface area contributed by atoms with Gasteiger partial charge in [0.05, 0.1) is 23.6 Å². The van der Waals surface area contributed by atoms with Crippen LogP contribution in [-0.2, 0) is 26.5 Å². The molecule has 3 heterocycles. The van der Waals surface area contributed by atoms with Crippen molar-refractivity contribution in [3.05, 3.63) is 94.0 Å². The highest BCUT2D eigenvalue weighted by atomic mass is 35.5. The Hall–Kier alpha value is -4.87. The zero-order valence-corrected chi connectivity index (χ0v) is 31.4. The molecule has 5 aromatic rings. The quantitative estimate of drug-likeness (QED) is 0.0604. The Labute approximate surface area is 324 Å². The number of nitriles is 2. The minimum Gasteiger partial charge on any atom is -0.490 e. The largest absolute Gasteiger partial charge is 0.490 e. The fourth-order valence-electron chi connectivity index (χ4n) is 4.68. The lowest BCUT2D eigenvalue weighted by atomic mass is 9.97. The van der Waals surface area contributed by atoms with Crippen molar-refractivity contribution in [2.45, 2.75) is 36.2 Å². The topological polar surface area (TPSA) is 219 Å². The van der Waals surface area contributed by atoms with Gasteiger partial charge in [0.25, 0.3) is 0 Å². The molecule has 3 aromatic heterocycles. The number of nitrogens with one attached hydrogen (secondary N) is 2. The molecule has 2 aromatic carbocycles. The van der Waals surface area contributed by atoms with E-state index >= 15 is 0 Å². The normalized spacial score (nSPS) is 11.5. The fourth-order valence-corrected chi connectivity index (χ4v) is 6.63. The summed E-state index contributed by atoms with van der Waals surface area (Å²) in [5, 5.41) is 26.4. The van der Waals surface area contributed by atoms with E-state index in [4.69, 9.17) is 37.5 Å². The lowest BCUT2D eigenvalue weighted by Gasteiger charge is -2.16. The Morgan fingerprint density at radius 3 is 2.38 bits per heavy atom. The van der Waals surface area contributed by atoms with Gasteiger partial charge >= 0.3 is 5.97 Å². The number of imidazole rings is 1. The molecule has 0 radical (unpaired) electrons. The number of esters is 1. The number of hydrogen-bond donors (Lipinski definition) is 4. The Balaban J connectivity index is 0.00000364. The number of aromatic amines is 1. The maximum atomic E-state index is 12.4. The number of hydrogen-bond acceptors (Lipinski definition) is 13. The number of halogens is 3. The molecular formula is C34H32Cl3N9O4S2. The molecule has 5 rings (SSSR count). The number of nitrogens with two attached hydrogens (primary N) is 2. The highest BCUT2D eigenvalue weighted by Crippen LogP contribution is 2.37. The molecule has 2 atom stereocenters. The zero-order chi connectivity index (χ0) is 35.6. The second kappa shape index (κ2) is 19.7. The van der Waals surface area contributed by atoms with Crippen molar-refractivity contribution in [2.75, 3.05) is 18.9 Å². The number of anilines is 1. The van der Waals surface area contributed by atoms with Crippen LogP contribution in [0, 0.1) is 22.7 Å². The minimum absolute atomic E-state index is 0. The number of thioether (sulfide) groups is 1. The van der Waals surface area contributed by atoms with E-state index in [0.717, 1.165) is 16.3 Å². The molecule has 270 valence electrons. The molecule has 18 heteroatoms. The van der Waals surface area contributed by atoms with Crippen molar-refractivity contribution >= 4 is 77.2 Å². The number of pyridine rings is 1. The van der Waals surface area contributed by atoms with E-state index in [0.29, 0.717) is 38.4 Å². The van der Waals surface area contributed by atoms with E-state index in [1.165, 1.54) is 36.3 Å². The molecule has 0 bridgehead atoms. The fraction of sp³-hybridized carbons (Fsp3) is 0.206. The second-order valence-corrected chi connectivity index (χ2v) is 13.0. The average Bonchev–Trinajstić information content (AvgIpc) is 3.82. The van der Waals surface area contributed by atoms with Crippen LogP contribution in [0.25, 0.3) is 21.7 Å². The van der Waals surface area contributed by atoms with E-state index in [2.05, 4.69) is 32.4 Å². The van der Waals surface area contributed by atoms with Crippen molar-refractivity contribution in [1.29, 1.82) is 10.5 Å². The number of H-pyrrole nitrogens is 1. The molecule has 0 aliphatic carbocycles. The lowest BCUT2D eigenvalue weighted by Crippen LogP contribution is -2.48. The van der Waals surface area contributed by atoms with Crippen LogP contribution in [0.1, 0.15) is 29.4 Å². The summed E-state index contributed by atoms with van der Waals surface area (Å²) in [6, 6.07) is 16.7. The first-order valence-corrected chi connectivity index (χ1v) is 17.3. The highest BCUT2D eigenvalue weighted by molar-refractivity contribution is 7.98. The van der Waals surface area contributed by atoms with Gasteiger partial charge in [0.1, 0.15) is 58.6 Å². The molecule has 0 saturated carbocycles. The van der Waals surface area contributed by atoms with E-state index in [9.17, 15) is 20.1 Å². The maximum Gasteiger partial charge on any atom is 0.328 e. The molecule has 13 nitrogen and oxygen atoms in total. The van der Waals surface area contributed by atoms with Gasteiger partial charge in [-0.05, 0) is 36.8 Å². The average molecular weight is 801 g/mol. The molecule has 1 amide bonds. The summed E-state index contributed by atoms with van der Waals surface area (Å²) >= 11 is 8.81. The number of benzene rings is 2. The molecule has 0 fully saturated rings. The van der Waals surface area contributed by atoms with E-state index in [1.807, 2.05) is 29.6 Å². The summed E-state index contributed by atoms with van der Waals surface area (Å²) < 4.78 is 11.0. The van der Waals surface area contributed by atoms with Gasteiger partial charge in [0.2, 0.25) is 5.91 Å². The third-order valence-electron chi connectivity index (χ3n) is 7.20. The summed E-state index contributed by atoms with van der Waals surface area (Å²) in [5.41, 5.74) is 15.8. The number of amides is 1. The van der Waals surface area contributed by atoms with Gasteiger partial charge in [-0.1, -0.05) is 47.6 Å². The number of rotatable bonds is 14. The van der Waals surface area contributed by atoms with Crippen LogP contribution >= 0.6 is 59.5 Å². The van der Waals surface area contributed by atoms with Gasteiger partial charge in [0.15, 0.2) is 0 Å². The van der Waals surface area contributed by atoms with Gasteiger partial charge in [-0.15, -0.1) is 36.2 Å². The van der Waals surface area contributed by atoms with Crippen LogP contribution < -0.4 is 21.5 Å². The monoisotopic (exact) mass is 799 g/mol. The van der Waals surface area contributed by atoms with Crippen molar-refractivity contribution in [2.24, 2.45) is 5.73 Å². The lowest BCUT2D eigenvalue weighted by molar-refractivity contribution is -0.148. The van der Waals surface area contributed by atoms with E-state index in [1.54, 1.807) is 30.5 Å². The molecule has 0 aliphatic rings. The zero-order valence-electron chi connectivity index (χ0n) is 27.4. The summed E-state index contributed by atoms with van der Waals surface area (Å²) in [6.07, 6.45) is 3.30. The third kappa shape index (κ3) is 10.6. The van der Waals surface area contributed by atoms with Crippen LogP contribution in [0.4, 0.5) is 5.82 Å². The van der Waals surface area contributed by atoms with Crippen LogP contribution in [0.2, 0.25) is 5.02 Å². The Morgan fingerprint density at radius 1 is 1.04 bits per heavy atom. The first-order valence-electron chi connectivity index (χ1n) is 15.1. The van der Waals surface area contributed by atoms with Crippen LogP contribution in [0.15, 0.2) is 71.5 Å². The van der Waals surface area contributed by atoms with Gasteiger partial charge in [-0.2, -0.15) is 10.5 Å². The molecule has 52 heavy (non-hydrogen) atoms. The van der Waals surface area contributed by atoms with Gasteiger partial charge in [-0.3, -0.25) is 4.79 Å². The number of carbonyl (C=O) groups is 2. The SMILES string of the molecule is C[C@H](NC(=O)[C@@H](N)Cc1cnc[nH]1)C(=O)OCCOc1ccc(-c2c(C#N)c(N)nc(SCc3csc(-c4ccc(Cl)cc4)n3)c2C#N)cc1.Cl.Cl. The van der Waals surface area contributed by atoms with E-state index in [-0.39, 0.29) is 61.4 Å². The van der Waals surface area contributed by atoms with Gasteiger partial charge < -0.3 is 31.2 Å². The second-order valence-electron chi connectivity index (χ2n) is 10.7. The Kier molecular flexibility index (Phi) is 15.7. The number of thiazole rings is 1. The van der Waals surface area contributed by atoms with Crippen molar-refractivity contribution in [3.63, 3.8) is 0 Å². The van der Waals surface area contributed by atoms with Gasteiger partial charge in [0, 0.05) is 45.6 Å².